The summed E-state index contributed by atoms with van der Waals surface area (Å²) in [6.45, 7) is 1.17. The number of hydrazine groups is 1. The molecule has 0 aromatic rings. The van der Waals surface area contributed by atoms with Crippen molar-refractivity contribution in [1.29, 1.82) is 0 Å². The Morgan fingerprint density at radius 2 is 1.72 bits per heavy atom. The van der Waals surface area contributed by atoms with Crippen molar-refractivity contribution in [3.8, 4) is 0 Å². The highest BCUT2D eigenvalue weighted by Crippen LogP contribution is 2.27. The van der Waals surface area contributed by atoms with Crippen molar-refractivity contribution < 1.29 is 9.59 Å². The van der Waals surface area contributed by atoms with Crippen LogP contribution in [0.3, 0.4) is 0 Å². The van der Waals surface area contributed by atoms with Crippen molar-refractivity contribution in [2.75, 3.05) is 13.1 Å². The molecule has 2 fully saturated rings. The number of carbonyl (C=O) groups is 2. The molecule has 1 saturated heterocycles. The fourth-order valence-electron chi connectivity index (χ4n) is 2.96. The minimum Gasteiger partial charge on any atom is -0.369 e. The highest BCUT2D eigenvalue weighted by Gasteiger charge is 2.34. The van der Waals surface area contributed by atoms with Crippen molar-refractivity contribution in [2.45, 2.75) is 38.1 Å². The van der Waals surface area contributed by atoms with E-state index in [1.54, 1.807) is 4.90 Å². The third-order valence-corrected chi connectivity index (χ3v) is 4.21. The van der Waals surface area contributed by atoms with Crippen LogP contribution < -0.4 is 17.0 Å². The molecule has 1 aliphatic carbocycles. The van der Waals surface area contributed by atoms with E-state index in [1.807, 2.05) is 0 Å². The van der Waals surface area contributed by atoms with E-state index in [2.05, 4.69) is 5.43 Å². The Balaban J connectivity index is 1.84. The molecule has 102 valence electrons. The zero-order valence-electron chi connectivity index (χ0n) is 10.6. The Hall–Kier alpha value is -1.14. The van der Waals surface area contributed by atoms with Gasteiger partial charge in [0.05, 0.1) is 5.92 Å². The minimum absolute atomic E-state index is 0.0984. The quantitative estimate of drug-likeness (QED) is 0.460. The fourth-order valence-corrected chi connectivity index (χ4v) is 2.96. The van der Waals surface area contributed by atoms with E-state index in [9.17, 15) is 9.59 Å². The van der Waals surface area contributed by atoms with Crippen LogP contribution >= 0.6 is 0 Å². The van der Waals surface area contributed by atoms with E-state index >= 15 is 0 Å². The van der Waals surface area contributed by atoms with Crippen LogP contribution in [0.4, 0.5) is 0 Å². The largest absolute Gasteiger partial charge is 0.369 e. The molecule has 1 atom stereocenters. The second-order valence-electron chi connectivity index (χ2n) is 5.39. The molecule has 6 heteroatoms. The van der Waals surface area contributed by atoms with Gasteiger partial charge in [-0.25, -0.2) is 0 Å². The van der Waals surface area contributed by atoms with Crippen LogP contribution in [-0.4, -0.2) is 35.8 Å². The molecule has 0 aromatic heterocycles. The Labute approximate surface area is 107 Å². The predicted molar refractivity (Wildman–Crippen MR) is 67.0 cm³/mol. The van der Waals surface area contributed by atoms with Gasteiger partial charge in [0.15, 0.2) is 0 Å². The van der Waals surface area contributed by atoms with Crippen LogP contribution in [0.1, 0.15) is 32.1 Å². The first-order valence-electron chi connectivity index (χ1n) is 6.66. The van der Waals surface area contributed by atoms with Gasteiger partial charge in [0, 0.05) is 25.0 Å². The van der Waals surface area contributed by atoms with Gasteiger partial charge in [-0.2, -0.15) is 0 Å². The number of amides is 2. The molecule has 2 aliphatic rings. The molecule has 1 saturated carbocycles. The van der Waals surface area contributed by atoms with Gasteiger partial charge >= 0.3 is 0 Å². The summed E-state index contributed by atoms with van der Waals surface area (Å²) in [5.41, 5.74) is 8.04. The summed E-state index contributed by atoms with van der Waals surface area (Å²) in [5.74, 6) is 5.24. The van der Waals surface area contributed by atoms with Crippen LogP contribution in [0, 0.1) is 11.8 Å². The second-order valence-corrected chi connectivity index (χ2v) is 5.39. The van der Waals surface area contributed by atoms with Crippen LogP contribution in [-0.2, 0) is 9.59 Å². The first-order chi connectivity index (χ1) is 8.61. The van der Waals surface area contributed by atoms with Crippen molar-refractivity contribution in [1.82, 2.24) is 10.3 Å². The highest BCUT2D eigenvalue weighted by molar-refractivity contribution is 5.82. The molecular formula is C12H22N4O2. The van der Waals surface area contributed by atoms with Crippen molar-refractivity contribution >= 4 is 11.8 Å². The van der Waals surface area contributed by atoms with E-state index in [4.69, 9.17) is 11.6 Å². The van der Waals surface area contributed by atoms with E-state index < -0.39 is 0 Å². The molecular weight excluding hydrogens is 232 g/mol. The summed E-state index contributed by atoms with van der Waals surface area (Å²) in [4.78, 5) is 25.2. The van der Waals surface area contributed by atoms with Gasteiger partial charge in [-0.15, -0.1) is 0 Å². The normalized spacial score (nSPS) is 32.5. The summed E-state index contributed by atoms with van der Waals surface area (Å²) >= 11 is 0. The number of nitrogens with two attached hydrogens (primary N) is 2. The van der Waals surface area contributed by atoms with Crippen molar-refractivity contribution in [3.63, 3.8) is 0 Å². The molecule has 0 aromatic carbocycles. The molecule has 2 amide bonds. The zero-order chi connectivity index (χ0) is 13.1. The third kappa shape index (κ3) is 2.81. The Morgan fingerprint density at radius 3 is 2.22 bits per heavy atom. The summed E-state index contributed by atoms with van der Waals surface area (Å²) in [7, 11) is 0. The SMILES string of the molecule is NN[C@H]1CC[C@H](C(=O)N2CCC(C(N)=O)C2)CC1. The first-order valence-corrected chi connectivity index (χ1v) is 6.66. The molecule has 1 heterocycles. The Kier molecular flexibility index (Phi) is 4.19. The third-order valence-electron chi connectivity index (χ3n) is 4.21. The van der Waals surface area contributed by atoms with Gasteiger partial charge in [-0.1, -0.05) is 0 Å². The van der Waals surface area contributed by atoms with Gasteiger partial charge in [0.2, 0.25) is 11.8 Å². The average Bonchev–Trinajstić information content (AvgIpc) is 2.88. The van der Waals surface area contributed by atoms with Crippen LogP contribution in [0.25, 0.3) is 0 Å². The van der Waals surface area contributed by atoms with Gasteiger partial charge in [-0.3, -0.25) is 20.9 Å². The Bertz CT molecular complexity index is 326. The number of primary amides is 1. The van der Waals surface area contributed by atoms with E-state index in [-0.39, 0.29) is 23.7 Å². The lowest BCUT2D eigenvalue weighted by Gasteiger charge is -2.30. The molecule has 0 spiro atoms. The maximum absolute atomic E-state index is 12.3. The number of rotatable bonds is 3. The number of likely N-dealkylation sites (tertiary alicyclic amines) is 1. The molecule has 0 bridgehead atoms. The predicted octanol–water partition coefficient (Wildman–Crippen LogP) is -0.658. The van der Waals surface area contributed by atoms with Gasteiger partial charge in [-0.05, 0) is 32.1 Å². The zero-order valence-corrected chi connectivity index (χ0v) is 10.6. The maximum atomic E-state index is 12.3. The monoisotopic (exact) mass is 254 g/mol. The molecule has 1 aliphatic heterocycles. The van der Waals surface area contributed by atoms with Gasteiger partial charge in [0.1, 0.15) is 0 Å². The summed E-state index contributed by atoms with van der Waals surface area (Å²) < 4.78 is 0. The number of nitrogens with one attached hydrogen (secondary N) is 1. The van der Waals surface area contributed by atoms with E-state index in [1.165, 1.54) is 0 Å². The molecule has 1 unspecified atom stereocenters. The minimum atomic E-state index is -0.290. The molecule has 5 N–H and O–H groups in total. The average molecular weight is 254 g/mol. The molecule has 18 heavy (non-hydrogen) atoms. The number of carbonyl (C=O) groups excluding carboxylic acids is 2. The van der Waals surface area contributed by atoms with Gasteiger partial charge in [0.25, 0.3) is 0 Å². The second kappa shape index (κ2) is 5.67. The number of hydrogen-bond acceptors (Lipinski definition) is 4. The summed E-state index contributed by atoms with van der Waals surface area (Å²) in [6, 6.07) is 0.339. The first kappa shape index (κ1) is 13.3. The molecule has 0 radical (unpaired) electrons. The van der Waals surface area contributed by atoms with Crippen molar-refractivity contribution in [2.24, 2.45) is 23.4 Å². The summed E-state index contributed by atoms with van der Waals surface area (Å²) in [5, 5.41) is 0. The Morgan fingerprint density at radius 1 is 1.06 bits per heavy atom. The highest BCUT2D eigenvalue weighted by atomic mass is 16.2. The van der Waals surface area contributed by atoms with Crippen LogP contribution in [0.5, 0.6) is 0 Å². The maximum Gasteiger partial charge on any atom is 0.225 e. The van der Waals surface area contributed by atoms with E-state index in [0.29, 0.717) is 25.6 Å². The smallest absolute Gasteiger partial charge is 0.225 e. The van der Waals surface area contributed by atoms with Crippen LogP contribution in [0.2, 0.25) is 0 Å². The molecule has 2 rings (SSSR count). The fraction of sp³-hybridized carbons (Fsp3) is 0.833. The topological polar surface area (TPSA) is 101 Å². The number of hydrogen-bond donors (Lipinski definition) is 3. The van der Waals surface area contributed by atoms with Gasteiger partial charge < -0.3 is 10.6 Å². The standard InChI is InChI=1S/C12H22N4O2/c13-11(17)9-5-6-16(7-9)12(18)8-1-3-10(15-14)4-2-8/h8-10,15H,1-7,14H2,(H2,13,17)/t8-,9?,10-. The lowest BCUT2D eigenvalue weighted by atomic mass is 9.85. The number of nitrogens with zero attached hydrogens (tertiary/aromatic N) is 1. The van der Waals surface area contributed by atoms with Crippen LogP contribution in [0.15, 0.2) is 0 Å². The van der Waals surface area contributed by atoms with Crippen molar-refractivity contribution in [3.05, 3.63) is 0 Å². The molecule has 6 nitrogen and oxygen atoms in total. The van der Waals surface area contributed by atoms with E-state index in [0.717, 1.165) is 25.7 Å². The lowest BCUT2D eigenvalue weighted by molar-refractivity contribution is -0.135. The lowest BCUT2D eigenvalue weighted by Crippen LogP contribution is -2.42. The summed E-state index contributed by atoms with van der Waals surface area (Å²) in [6.07, 6.45) is 4.36.